The van der Waals surface area contributed by atoms with Crippen molar-refractivity contribution in [2.24, 2.45) is 5.92 Å². The van der Waals surface area contributed by atoms with E-state index in [1.165, 1.54) is 23.5 Å². The average molecular weight is 617 g/mol. The Balaban J connectivity index is 1.48. The molecule has 0 aromatic heterocycles. The van der Waals surface area contributed by atoms with Gasteiger partial charge in [-0.1, -0.05) is 67.6 Å². The van der Waals surface area contributed by atoms with Gasteiger partial charge in [-0.3, -0.25) is 4.79 Å². The highest BCUT2D eigenvalue weighted by atomic mass is 32.2. The molecule has 4 aromatic rings. The number of hydrogen-bond acceptors (Lipinski definition) is 6. The number of nitrogens with one attached hydrogen (secondary N) is 2. The standard InChI is InChI=1S/C33H36N4O6S/c1-22-19-37(23(2)21-38)32(39)27-16-10-18-29(35-33(40)34-28-17-9-12-24-11-7-8-15-26(24)28)31(27)43-30(22)20-36(3)44(41,42)25-13-5-4-6-14-25/h4-18,22-23,30,38H,19-21H2,1-3H3,(H2,34,35,40)/t22-,23+,30+/m1/s1. The van der Waals surface area contributed by atoms with Gasteiger partial charge in [0.2, 0.25) is 10.0 Å². The molecule has 5 rings (SSSR count). The number of para-hydroxylation sites is 1. The van der Waals surface area contributed by atoms with Crippen LogP contribution >= 0.6 is 0 Å². The molecular formula is C33H36N4O6S. The van der Waals surface area contributed by atoms with Gasteiger partial charge in [0.05, 0.1) is 41.0 Å². The Labute approximate surface area is 257 Å². The molecule has 0 saturated carbocycles. The molecule has 10 nitrogen and oxygen atoms in total. The van der Waals surface area contributed by atoms with Crippen molar-refractivity contribution in [3.05, 3.63) is 96.6 Å². The van der Waals surface area contributed by atoms with Crippen LogP contribution in [0.3, 0.4) is 0 Å². The molecule has 4 aromatic carbocycles. The molecule has 1 heterocycles. The van der Waals surface area contributed by atoms with Crippen LogP contribution in [0.4, 0.5) is 16.2 Å². The van der Waals surface area contributed by atoms with E-state index in [1.54, 1.807) is 54.3 Å². The summed E-state index contributed by atoms with van der Waals surface area (Å²) in [5.74, 6) is -0.579. The van der Waals surface area contributed by atoms with E-state index < -0.39 is 28.2 Å². The lowest BCUT2D eigenvalue weighted by Gasteiger charge is -2.38. The highest BCUT2D eigenvalue weighted by Gasteiger charge is 2.36. The van der Waals surface area contributed by atoms with E-state index in [4.69, 9.17) is 4.74 Å². The monoisotopic (exact) mass is 616 g/mol. The molecule has 3 amide bonds. The van der Waals surface area contributed by atoms with Crippen LogP contribution in [-0.4, -0.2) is 73.6 Å². The Hall–Kier alpha value is -4.45. The molecule has 0 saturated heterocycles. The number of carbonyl (C=O) groups is 2. The maximum Gasteiger partial charge on any atom is 0.323 e. The van der Waals surface area contributed by atoms with Gasteiger partial charge in [0.1, 0.15) is 6.10 Å². The fraction of sp³-hybridized carbons (Fsp3) is 0.273. The summed E-state index contributed by atoms with van der Waals surface area (Å²) in [6, 6.07) is 25.2. The third-order valence-corrected chi connectivity index (χ3v) is 9.70. The molecule has 0 bridgehead atoms. The number of sulfonamides is 1. The second kappa shape index (κ2) is 13.0. The van der Waals surface area contributed by atoms with Crippen molar-refractivity contribution in [3.8, 4) is 5.75 Å². The smallest absolute Gasteiger partial charge is 0.323 e. The lowest BCUT2D eigenvalue weighted by Crippen LogP contribution is -2.50. The summed E-state index contributed by atoms with van der Waals surface area (Å²) in [4.78, 5) is 28.8. The quantitative estimate of drug-likeness (QED) is 0.255. The van der Waals surface area contributed by atoms with Crippen LogP contribution in [0.1, 0.15) is 24.2 Å². The highest BCUT2D eigenvalue weighted by Crippen LogP contribution is 2.35. The molecule has 3 atom stereocenters. The molecule has 44 heavy (non-hydrogen) atoms. The zero-order chi connectivity index (χ0) is 31.4. The van der Waals surface area contributed by atoms with E-state index in [0.717, 1.165) is 10.8 Å². The number of fused-ring (bicyclic) bond motifs is 2. The van der Waals surface area contributed by atoms with E-state index in [9.17, 15) is 23.1 Å². The van der Waals surface area contributed by atoms with Crippen LogP contribution in [-0.2, 0) is 10.0 Å². The van der Waals surface area contributed by atoms with Crippen molar-refractivity contribution in [2.45, 2.75) is 30.9 Å². The number of amides is 3. The highest BCUT2D eigenvalue weighted by molar-refractivity contribution is 7.89. The minimum absolute atomic E-state index is 0.0239. The molecule has 3 N–H and O–H groups in total. The van der Waals surface area contributed by atoms with Crippen molar-refractivity contribution in [1.29, 1.82) is 0 Å². The minimum atomic E-state index is -3.83. The van der Waals surface area contributed by atoms with E-state index in [-0.39, 0.29) is 53.4 Å². The van der Waals surface area contributed by atoms with Gasteiger partial charge >= 0.3 is 6.03 Å². The first kappa shape index (κ1) is 31.0. The van der Waals surface area contributed by atoms with Gasteiger partial charge in [0.15, 0.2) is 5.75 Å². The fourth-order valence-corrected chi connectivity index (χ4v) is 6.50. The van der Waals surface area contributed by atoms with Crippen molar-refractivity contribution in [2.75, 3.05) is 37.4 Å². The average Bonchev–Trinajstić information content (AvgIpc) is 3.03. The Morgan fingerprint density at radius 1 is 0.977 bits per heavy atom. The SMILES string of the molecule is C[C@@H]1CN([C@@H](C)CO)C(=O)c2cccc(NC(=O)Nc3cccc4ccccc34)c2O[C@H]1CN(C)S(=O)(=O)c1ccccc1. The first-order valence-electron chi connectivity index (χ1n) is 14.4. The summed E-state index contributed by atoms with van der Waals surface area (Å²) < 4.78 is 34.4. The number of hydrogen-bond donors (Lipinski definition) is 3. The first-order valence-corrected chi connectivity index (χ1v) is 15.8. The van der Waals surface area contributed by atoms with Gasteiger partial charge in [0.25, 0.3) is 5.91 Å². The predicted octanol–water partition coefficient (Wildman–Crippen LogP) is 5.02. The van der Waals surface area contributed by atoms with Crippen molar-refractivity contribution in [3.63, 3.8) is 0 Å². The van der Waals surface area contributed by atoms with Gasteiger partial charge in [-0.25, -0.2) is 13.2 Å². The van der Waals surface area contributed by atoms with Gasteiger partial charge in [-0.2, -0.15) is 4.31 Å². The number of benzene rings is 4. The summed E-state index contributed by atoms with van der Waals surface area (Å²) in [6.45, 7) is 3.56. The molecule has 1 aliphatic heterocycles. The predicted molar refractivity (Wildman–Crippen MR) is 170 cm³/mol. The summed E-state index contributed by atoms with van der Waals surface area (Å²) in [7, 11) is -2.35. The number of urea groups is 1. The van der Waals surface area contributed by atoms with E-state index in [1.807, 2.05) is 43.3 Å². The zero-order valence-corrected chi connectivity index (χ0v) is 25.6. The third-order valence-electron chi connectivity index (χ3n) is 7.87. The molecule has 0 spiro atoms. The molecule has 1 aliphatic rings. The van der Waals surface area contributed by atoms with Gasteiger partial charge in [0, 0.05) is 24.9 Å². The van der Waals surface area contributed by atoms with Crippen LogP contribution in [0.15, 0.2) is 95.9 Å². The second-order valence-electron chi connectivity index (χ2n) is 11.0. The first-order chi connectivity index (χ1) is 21.1. The maximum absolute atomic E-state index is 13.8. The number of aliphatic hydroxyl groups excluding tert-OH is 1. The van der Waals surface area contributed by atoms with Gasteiger partial charge < -0.3 is 25.4 Å². The molecule has 0 aliphatic carbocycles. The topological polar surface area (TPSA) is 128 Å². The van der Waals surface area contributed by atoms with Crippen molar-refractivity contribution in [1.82, 2.24) is 9.21 Å². The number of carbonyl (C=O) groups excluding carboxylic acids is 2. The Kier molecular flexibility index (Phi) is 9.19. The van der Waals surface area contributed by atoms with E-state index in [2.05, 4.69) is 10.6 Å². The van der Waals surface area contributed by atoms with Crippen LogP contribution in [0.2, 0.25) is 0 Å². The largest absolute Gasteiger partial charge is 0.486 e. The summed E-state index contributed by atoms with van der Waals surface area (Å²) in [5.41, 5.74) is 1.05. The number of likely N-dealkylation sites (N-methyl/N-ethyl adjacent to an activating group) is 1. The number of aliphatic hydroxyl groups is 1. The number of anilines is 2. The zero-order valence-electron chi connectivity index (χ0n) is 24.8. The van der Waals surface area contributed by atoms with Gasteiger partial charge in [-0.05, 0) is 42.6 Å². The van der Waals surface area contributed by atoms with E-state index in [0.29, 0.717) is 5.69 Å². The third kappa shape index (κ3) is 6.40. The minimum Gasteiger partial charge on any atom is -0.486 e. The molecule has 11 heteroatoms. The Bertz CT molecular complexity index is 1760. The molecule has 0 fully saturated rings. The summed E-state index contributed by atoms with van der Waals surface area (Å²) in [5, 5.41) is 17.5. The fourth-order valence-electron chi connectivity index (χ4n) is 5.29. The van der Waals surface area contributed by atoms with Crippen LogP contribution in [0.5, 0.6) is 5.75 Å². The lowest BCUT2D eigenvalue weighted by molar-refractivity contribution is 0.0389. The lowest BCUT2D eigenvalue weighted by atomic mass is 9.99. The van der Waals surface area contributed by atoms with Gasteiger partial charge in [-0.15, -0.1) is 0 Å². The number of rotatable bonds is 8. The second-order valence-corrected chi connectivity index (χ2v) is 13.1. The van der Waals surface area contributed by atoms with Crippen LogP contribution in [0.25, 0.3) is 10.8 Å². The number of nitrogens with zero attached hydrogens (tertiary/aromatic N) is 2. The maximum atomic E-state index is 13.8. The molecular weight excluding hydrogens is 580 g/mol. The molecule has 230 valence electrons. The summed E-state index contributed by atoms with van der Waals surface area (Å²) >= 11 is 0. The van der Waals surface area contributed by atoms with Crippen LogP contribution in [0, 0.1) is 5.92 Å². The number of ether oxygens (including phenoxy) is 1. The van der Waals surface area contributed by atoms with Crippen molar-refractivity contribution < 1.29 is 27.9 Å². The molecule has 0 radical (unpaired) electrons. The normalized spacial score (nSPS) is 17.8. The van der Waals surface area contributed by atoms with Crippen molar-refractivity contribution >= 4 is 44.1 Å². The summed E-state index contributed by atoms with van der Waals surface area (Å²) in [6.07, 6.45) is -0.706. The van der Waals surface area contributed by atoms with E-state index >= 15 is 0 Å². The molecule has 0 unspecified atom stereocenters. The van der Waals surface area contributed by atoms with Crippen LogP contribution < -0.4 is 15.4 Å². The Morgan fingerprint density at radius 2 is 1.61 bits per heavy atom. The Morgan fingerprint density at radius 3 is 2.36 bits per heavy atom.